The summed E-state index contributed by atoms with van der Waals surface area (Å²) in [4.78, 5) is 0. The average Bonchev–Trinajstić information content (AvgIpc) is 2.57. The van der Waals surface area contributed by atoms with Crippen LogP contribution in [0, 0.1) is 5.92 Å². The van der Waals surface area contributed by atoms with Gasteiger partial charge in [-0.15, -0.1) is 0 Å². The summed E-state index contributed by atoms with van der Waals surface area (Å²) in [5.74, 6) is 0.926. The molecule has 8 heavy (non-hydrogen) atoms. The highest BCUT2D eigenvalue weighted by molar-refractivity contribution is 8.03. The predicted molar refractivity (Wildman–Crippen MR) is 43.5 cm³/mol. The normalized spacial score (nSPS) is 17.2. The minimum Gasteiger partial charge on any atom is -0.384 e. The Morgan fingerprint density at radius 3 is 2.25 bits per heavy atom. The van der Waals surface area contributed by atoms with Gasteiger partial charge >= 0.3 is 0 Å². The molecule has 1 rings (SSSR count). The highest BCUT2D eigenvalue weighted by Gasteiger charge is 2.19. The van der Waals surface area contributed by atoms with Crippen LogP contribution in [0.5, 0.6) is 0 Å². The summed E-state index contributed by atoms with van der Waals surface area (Å²) in [7, 11) is 2.76. The van der Waals surface area contributed by atoms with Crippen LogP contribution in [0.25, 0.3) is 0 Å². The lowest BCUT2D eigenvalue weighted by molar-refractivity contribution is 0.186. The molecule has 3 heteroatoms. The van der Waals surface area contributed by atoms with Gasteiger partial charge in [0, 0.05) is 13.7 Å². The Hall–Kier alpha value is 0.527. The molecule has 1 nitrogen and oxygen atoms in total. The molecule has 0 aromatic heterocycles. The maximum absolute atomic E-state index is 4.87. The Morgan fingerprint density at radius 2 is 2.12 bits per heavy atom. The fourth-order valence-electron chi connectivity index (χ4n) is 0.520. The maximum atomic E-state index is 4.87. The van der Waals surface area contributed by atoms with Crippen molar-refractivity contribution in [2.75, 3.05) is 13.7 Å². The molecular weight excluding hydrogens is 136 g/mol. The van der Waals surface area contributed by atoms with Crippen molar-refractivity contribution in [2.45, 2.75) is 12.8 Å². The monoisotopic (exact) mass is 150 g/mol. The molecule has 0 aliphatic heterocycles. The molecule has 0 aromatic carbocycles. The van der Waals surface area contributed by atoms with E-state index in [9.17, 15) is 0 Å². The predicted octanol–water partition coefficient (Wildman–Crippen LogP) is 0.239. The van der Waals surface area contributed by atoms with Crippen LogP contribution in [0.15, 0.2) is 0 Å². The first-order valence-corrected chi connectivity index (χ1v) is 6.45. The Morgan fingerprint density at radius 1 is 1.62 bits per heavy atom. The summed E-state index contributed by atoms with van der Waals surface area (Å²) in [5, 5.41) is 0. The Balaban J connectivity index is 0.000000222. The quantitative estimate of drug-likeness (QED) is 0.438. The standard InChI is InChI=1S/C5H10O.H4SSi/c1-6-4-5-2-3-5;1-2/h5H,2-4H2,1H3;1H,2H3. The lowest BCUT2D eigenvalue weighted by Crippen LogP contribution is -1.87. The fraction of sp³-hybridized carbons (Fsp3) is 1.00. The molecule has 0 saturated heterocycles. The number of thiol groups is 1. The molecule has 1 aliphatic carbocycles. The third-order valence-corrected chi connectivity index (χ3v) is 1.10. The van der Waals surface area contributed by atoms with Gasteiger partial charge in [0.05, 0.1) is 9.39 Å². The second-order valence-electron chi connectivity index (χ2n) is 1.90. The molecule has 0 amide bonds. The molecule has 0 unspecified atom stereocenters. The number of rotatable bonds is 2. The average molecular weight is 150 g/mol. The van der Waals surface area contributed by atoms with Crippen LogP contribution in [0.3, 0.4) is 0 Å². The third kappa shape index (κ3) is 4.68. The van der Waals surface area contributed by atoms with Crippen molar-refractivity contribution in [3.63, 3.8) is 0 Å². The first-order valence-electron chi connectivity index (χ1n) is 2.87. The van der Waals surface area contributed by atoms with Crippen LogP contribution in [-0.2, 0) is 4.74 Å². The topological polar surface area (TPSA) is 9.23 Å². The van der Waals surface area contributed by atoms with E-state index >= 15 is 0 Å². The smallest absolute Gasteiger partial charge is 0.0652 e. The highest BCUT2D eigenvalue weighted by atomic mass is 32.3. The molecule has 1 aliphatic rings. The van der Waals surface area contributed by atoms with Crippen molar-refractivity contribution in [1.82, 2.24) is 0 Å². The molecule has 0 bridgehead atoms. The summed E-state index contributed by atoms with van der Waals surface area (Å²) < 4.78 is 4.87. The van der Waals surface area contributed by atoms with E-state index in [0.29, 0.717) is 0 Å². The van der Waals surface area contributed by atoms with E-state index in [1.807, 2.05) is 0 Å². The zero-order chi connectivity index (χ0) is 6.41. The van der Waals surface area contributed by atoms with E-state index in [1.54, 1.807) is 7.11 Å². The lowest BCUT2D eigenvalue weighted by Gasteiger charge is -1.87. The van der Waals surface area contributed by atoms with E-state index in [-0.39, 0.29) is 0 Å². The van der Waals surface area contributed by atoms with Gasteiger partial charge in [-0.1, -0.05) is 0 Å². The highest BCUT2D eigenvalue weighted by Crippen LogP contribution is 2.28. The molecule has 0 atom stereocenters. The SMILES string of the molecule is COCC1CC1.[SiH3]S. The van der Waals surface area contributed by atoms with Crippen molar-refractivity contribution >= 4 is 21.5 Å². The molecule has 0 radical (unpaired) electrons. The van der Waals surface area contributed by atoms with E-state index < -0.39 is 0 Å². The van der Waals surface area contributed by atoms with E-state index in [4.69, 9.17) is 4.74 Å². The minimum absolute atomic E-state index is 0.926. The second kappa shape index (κ2) is 5.66. The largest absolute Gasteiger partial charge is 0.384 e. The molecule has 0 N–H and O–H groups in total. The molecule has 0 spiro atoms. The summed E-state index contributed by atoms with van der Waals surface area (Å²) in [5.41, 5.74) is 0. The van der Waals surface area contributed by atoms with Gasteiger partial charge in [-0.05, 0) is 18.8 Å². The first kappa shape index (κ1) is 8.53. The third-order valence-electron chi connectivity index (χ3n) is 1.10. The van der Waals surface area contributed by atoms with Gasteiger partial charge in [-0.25, -0.2) is 12.1 Å². The van der Waals surface area contributed by atoms with E-state index in [1.165, 1.54) is 12.8 Å². The lowest BCUT2D eigenvalue weighted by atomic mass is 10.5. The van der Waals surface area contributed by atoms with Crippen molar-refractivity contribution in [3.8, 4) is 0 Å². The minimum atomic E-state index is 0.926. The van der Waals surface area contributed by atoms with Crippen LogP contribution < -0.4 is 0 Å². The molecule has 0 aromatic rings. The molecule has 1 saturated carbocycles. The number of methoxy groups -OCH3 is 1. The summed E-state index contributed by atoms with van der Waals surface area (Å²) in [6.45, 7) is 0.986. The van der Waals surface area contributed by atoms with Gasteiger partial charge in [0.25, 0.3) is 0 Å². The molecule has 1 fully saturated rings. The Kier molecular flexibility index (Phi) is 6.03. The van der Waals surface area contributed by atoms with Gasteiger partial charge in [-0.2, -0.15) is 0 Å². The van der Waals surface area contributed by atoms with E-state index in [2.05, 4.69) is 12.1 Å². The van der Waals surface area contributed by atoms with Crippen molar-refractivity contribution in [3.05, 3.63) is 0 Å². The molecule has 0 heterocycles. The van der Waals surface area contributed by atoms with Crippen molar-refractivity contribution in [2.24, 2.45) is 5.92 Å². The fourth-order valence-corrected chi connectivity index (χ4v) is 0.520. The van der Waals surface area contributed by atoms with E-state index in [0.717, 1.165) is 21.9 Å². The summed E-state index contributed by atoms with van der Waals surface area (Å²) in [6.07, 6.45) is 2.79. The van der Waals surface area contributed by atoms with Crippen LogP contribution in [0.1, 0.15) is 12.8 Å². The van der Waals surface area contributed by atoms with Crippen molar-refractivity contribution < 1.29 is 4.74 Å². The van der Waals surface area contributed by atoms with Gasteiger partial charge in [0.1, 0.15) is 0 Å². The van der Waals surface area contributed by atoms with Gasteiger partial charge in [0.15, 0.2) is 0 Å². The Bertz CT molecular complexity index is 47.7. The van der Waals surface area contributed by atoms with Gasteiger partial charge in [-0.3, -0.25) is 0 Å². The Labute approximate surface area is 59.3 Å². The van der Waals surface area contributed by atoms with Crippen LogP contribution in [0.2, 0.25) is 0 Å². The van der Waals surface area contributed by atoms with Crippen molar-refractivity contribution in [1.29, 1.82) is 0 Å². The number of ether oxygens (including phenoxy) is 1. The van der Waals surface area contributed by atoms with Crippen LogP contribution >= 0.6 is 12.1 Å². The zero-order valence-corrected chi connectivity index (χ0v) is 8.45. The maximum Gasteiger partial charge on any atom is 0.0652 e. The first-order chi connectivity index (χ1) is 3.93. The summed E-state index contributed by atoms with van der Waals surface area (Å²) >= 11 is 3.67. The second-order valence-corrected chi connectivity index (χ2v) is 1.90. The van der Waals surface area contributed by atoms with Gasteiger partial charge < -0.3 is 4.74 Å². The molecule has 50 valence electrons. The number of hydrogen-bond donors (Lipinski definition) is 1. The van der Waals surface area contributed by atoms with Crippen LogP contribution in [-0.4, -0.2) is 23.1 Å². The van der Waals surface area contributed by atoms with Gasteiger partial charge in [0.2, 0.25) is 0 Å². The van der Waals surface area contributed by atoms with Crippen LogP contribution in [0.4, 0.5) is 0 Å². The molecular formula is C5H14OSSi. The zero-order valence-electron chi connectivity index (χ0n) is 5.55. The summed E-state index contributed by atoms with van der Waals surface area (Å²) in [6, 6.07) is 0. The number of hydrogen-bond acceptors (Lipinski definition) is 2.